The second-order valence-corrected chi connectivity index (χ2v) is 7.97. The van der Waals surface area contributed by atoms with Gasteiger partial charge in [0.1, 0.15) is 11.6 Å². The molecule has 30 heavy (non-hydrogen) atoms. The van der Waals surface area contributed by atoms with Gasteiger partial charge in [0.25, 0.3) is 0 Å². The van der Waals surface area contributed by atoms with Crippen LogP contribution >= 0.6 is 0 Å². The van der Waals surface area contributed by atoms with E-state index in [4.69, 9.17) is 14.8 Å². The highest BCUT2D eigenvalue weighted by Crippen LogP contribution is 2.37. The van der Waals surface area contributed by atoms with Crippen LogP contribution in [0.5, 0.6) is 5.75 Å². The van der Waals surface area contributed by atoms with Gasteiger partial charge in [-0.25, -0.2) is 4.98 Å². The molecule has 1 N–H and O–H groups in total. The zero-order chi connectivity index (χ0) is 20.7. The first-order valence-electron chi connectivity index (χ1n) is 10.5. The summed E-state index contributed by atoms with van der Waals surface area (Å²) in [6.07, 6.45) is 3.45. The number of fused-ring (bicyclic) bond motifs is 2. The number of rotatable bonds is 4. The molecule has 5 nitrogen and oxygen atoms in total. The van der Waals surface area contributed by atoms with Crippen LogP contribution in [0.15, 0.2) is 54.6 Å². The minimum atomic E-state index is 0.277. The Kier molecular flexibility index (Phi) is 4.66. The molecule has 5 rings (SSSR count). The number of hydrogen-bond acceptors (Lipinski definition) is 4. The standard InChI is InChI=1S/C25H26N4O/c1-16-15-23(27-21-13-8-10-18-9-4-5-11-19(18)21)29-25(26-16)24(17(2)28-29)20-12-6-7-14-22(20)30-3/h4-7,9,11-12,14-15,21,27H,8,10,13H2,1-3H3. The minimum absolute atomic E-state index is 0.277. The molecule has 0 amide bonds. The number of para-hydroxylation sites is 1. The van der Waals surface area contributed by atoms with Crippen molar-refractivity contribution in [2.45, 2.75) is 39.2 Å². The normalized spacial score (nSPS) is 15.8. The van der Waals surface area contributed by atoms with Gasteiger partial charge in [-0.15, -0.1) is 0 Å². The Morgan fingerprint density at radius 1 is 1.07 bits per heavy atom. The van der Waals surface area contributed by atoms with Gasteiger partial charge in [0.2, 0.25) is 0 Å². The van der Waals surface area contributed by atoms with Crippen LogP contribution in [0.25, 0.3) is 16.8 Å². The van der Waals surface area contributed by atoms with Gasteiger partial charge in [-0.1, -0.05) is 42.5 Å². The molecular formula is C25H26N4O. The molecule has 1 aliphatic rings. The Morgan fingerprint density at radius 2 is 1.87 bits per heavy atom. The van der Waals surface area contributed by atoms with Crippen LogP contribution in [0.1, 0.15) is 41.4 Å². The third-order valence-electron chi connectivity index (χ3n) is 5.96. The summed E-state index contributed by atoms with van der Waals surface area (Å²) in [5.74, 6) is 1.80. The highest BCUT2D eigenvalue weighted by Gasteiger charge is 2.23. The SMILES string of the molecule is COc1ccccc1-c1c(C)nn2c(NC3CCCc4ccccc43)cc(C)nc12. The number of anilines is 1. The molecule has 0 fully saturated rings. The lowest BCUT2D eigenvalue weighted by Gasteiger charge is -2.27. The molecule has 1 unspecified atom stereocenters. The van der Waals surface area contributed by atoms with E-state index in [9.17, 15) is 0 Å². The molecule has 0 bridgehead atoms. The summed E-state index contributed by atoms with van der Waals surface area (Å²) < 4.78 is 7.56. The van der Waals surface area contributed by atoms with Gasteiger partial charge in [-0.2, -0.15) is 9.61 Å². The van der Waals surface area contributed by atoms with Crippen LogP contribution in [0.2, 0.25) is 0 Å². The second kappa shape index (κ2) is 7.48. The van der Waals surface area contributed by atoms with E-state index >= 15 is 0 Å². The predicted octanol–water partition coefficient (Wildman–Crippen LogP) is 5.51. The van der Waals surface area contributed by atoms with E-state index in [2.05, 4.69) is 41.7 Å². The van der Waals surface area contributed by atoms with E-state index in [0.29, 0.717) is 0 Å². The second-order valence-electron chi connectivity index (χ2n) is 7.97. The Hall–Kier alpha value is -3.34. The van der Waals surface area contributed by atoms with Crippen molar-refractivity contribution in [2.75, 3.05) is 12.4 Å². The Balaban J connectivity index is 1.63. The highest BCUT2D eigenvalue weighted by atomic mass is 16.5. The number of nitrogens with zero attached hydrogens (tertiary/aromatic N) is 3. The molecule has 0 spiro atoms. The van der Waals surface area contributed by atoms with Crippen LogP contribution in [0, 0.1) is 13.8 Å². The monoisotopic (exact) mass is 398 g/mol. The zero-order valence-corrected chi connectivity index (χ0v) is 17.6. The quantitative estimate of drug-likeness (QED) is 0.492. The number of nitrogens with one attached hydrogen (secondary N) is 1. The van der Waals surface area contributed by atoms with Crippen molar-refractivity contribution in [2.24, 2.45) is 0 Å². The molecule has 1 atom stereocenters. The van der Waals surface area contributed by atoms with Crippen LogP contribution in [0.4, 0.5) is 5.82 Å². The number of hydrogen-bond donors (Lipinski definition) is 1. The number of aryl methyl sites for hydroxylation is 3. The van der Waals surface area contributed by atoms with E-state index in [-0.39, 0.29) is 6.04 Å². The minimum Gasteiger partial charge on any atom is -0.496 e. The summed E-state index contributed by atoms with van der Waals surface area (Å²) in [7, 11) is 1.70. The van der Waals surface area contributed by atoms with E-state index in [1.165, 1.54) is 17.5 Å². The third-order valence-corrected chi connectivity index (χ3v) is 5.96. The summed E-state index contributed by atoms with van der Waals surface area (Å²) in [4.78, 5) is 4.85. The zero-order valence-electron chi connectivity index (χ0n) is 17.6. The van der Waals surface area contributed by atoms with Crippen molar-refractivity contribution >= 4 is 11.5 Å². The van der Waals surface area contributed by atoms with Crippen molar-refractivity contribution in [3.63, 3.8) is 0 Å². The number of benzene rings is 2. The molecule has 152 valence electrons. The smallest absolute Gasteiger partial charge is 0.165 e. The number of methoxy groups -OCH3 is 1. The fraction of sp³-hybridized carbons (Fsp3) is 0.280. The Labute approximate surface area is 176 Å². The van der Waals surface area contributed by atoms with Crippen LogP contribution in [-0.2, 0) is 6.42 Å². The maximum Gasteiger partial charge on any atom is 0.165 e. The molecular weight excluding hydrogens is 372 g/mol. The van der Waals surface area contributed by atoms with Crippen molar-refractivity contribution < 1.29 is 4.74 Å². The molecule has 0 saturated heterocycles. The lowest BCUT2D eigenvalue weighted by Crippen LogP contribution is -2.19. The summed E-state index contributed by atoms with van der Waals surface area (Å²) >= 11 is 0. The van der Waals surface area contributed by atoms with E-state index in [0.717, 1.165) is 52.6 Å². The molecule has 0 radical (unpaired) electrons. The maximum absolute atomic E-state index is 5.61. The Morgan fingerprint density at radius 3 is 2.73 bits per heavy atom. The highest BCUT2D eigenvalue weighted by molar-refractivity contribution is 5.84. The van der Waals surface area contributed by atoms with Gasteiger partial charge in [-0.05, 0) is 50.3 Å². The van der Waals surface area contributed by atoms with Crippen LogP contribution < -0.4 is 10.1 Å². The topological polar surface area (TPSA) is 51.5 Å². The van der Waals surface area contributed by atoms with Crippen molar-refractivity contribution in [3.05, 3.63) is 77.1 Å². The Bertz CT molecular complexity index is 1230. The third kappa shape index (κ3) is 3.11. The van der Waals surface area contributed by atoms with Gasteiger partial charge in [0, 0.05) is 17.3 Å². The van der Waals surface area contributed by atoms with Gasteiger partial charge in [0.05, 0.1) is 24.4 Å². The molecule has 2 aromatic heterocycles. The average Bonchev–Trinajstić information content (AvgIpc) is 3.09. The first-order valence-corrected chi connectivity index (χ1v) is 10.5. The molecule has 1 aliphatic carbocycles. The first kappa shape index (κ1) is 18.7. The molecule has 5 heteroatoms. The van der Waals surface area contributed by atoms with Crippen molar-refractivity contribution in [1.29, 1.82) is 0 Å². The van der Waals surface area contributed by atoms with Gasteiger partial charge < -0.3 is 10.1 Å². The van der Waals surface area contributed by atoms with Crippen LogP contribution in [-0.4, -0.2) is 21.7 Å². The summed E-state index contributed by atoms with van der Waals surface area (Å²) in [5, 5.41) is 8.63. The first-order chi connectivity index (χ1) is 14.7. The molecule has 2 heterocycles. The summed E-state index contributed by atoms with van der Waals surface area (Å²) in [5.41, 5.74) is 7.61. The average molecular weight is 399 g/mol. The van der Waals surface area contributed by atoms with Gasteiger partial charge >= 0.3 is 0 Å². The van der Waals surface area contributed by atoms with E-state index < -0.39 is 0 Å². The van der Waals surface area contributed by atoms with E-state index in [1.54, 1.807) is 7.11 Å². The molecule has 0 aliphatic heterocycles. The molecule has 2 aromatic carbocycles. The van der Waals surface area contributed by atoms with Gasteiger partial charge in [0.15, 0.2) is 5.65 Å². The maximum atomic E-state index is 5.61. The van der Waals surface area contributed by atoms with Crippen molar-refractivity contribution in [1.82, 2.24) is 14.6 Å². The number of ether oxygens (including phenoxy) is 1. The van der Waals surface area contributed by atoms with E-state index in [1.807, 2.05) is 36.6 Å². The summed E-state index contributed by atoms with van der Waals surface area (Å²) in [6, 6.07) is 19.2. The fourth-order valence-corrected chi connectivity index (χ4v) is 4.60. The molecule has 0 saturated carbocycles. The van der Waals surface area contributed by atoms with Crippen molar-refractivity contribution in [3.8, 4) is 16.9 Å². The fourth-order valence-electron chi connectivity index (χ4n) is 4.60. The lowest BCUT2D eigenvalue weighted by atomic mass is 9.88. The van der Waals surface area contributed by atoms with Gasteiger partial charge in [-0.3, -0.25) is 0 Å². The summed E-state index contributed by atoms with van der Waals surface area (Å²) in [6.45, 7) is 4.07. The lowest BCUT2D eigenvalue weighted by molar-refractivity contribution is 0.416. The number of aromatic nitrogens is 3. The largest absolute Gasteiger partial charge is 0.496 e. The molecule has 4 aromatic rings. The predicted molar refractivity (Wildman–Crippen MR) is 120 cm³/mol. The van der Waals surface area contributed by atoms with Crippen LogP contribution in [0.3, 0.4) is 0 Å².